The molecular weight excluding hydrogens is 506 g/mol. The minimum atomic E-state index is -0.239. The van der Waals surface area contributed by atoms with Gasteiger partial charge in [-0.3, -0.25) is 4.98 Å². The molecule has 6 aromatic carbocycles. The molecule has 1 heteroatoms. The van der Waals surface area contributed by atoms with E-state index in [2.05, 4.69) is 158 Å². The van der Waals surface area contributed by atoms with Crippen LogP contribution in [0.2, 0.25) is 0 Å². The minimum Gasteiger partial charge on any atom is -0.264 e. The summed E-state index contributed by atoms with van der Waals surface area (Å²) >= 11 is 0. The SMILES string of the molecule is CC1(c2ccccc2)c2ccccc2-c2c1ccc(-c1ccccc1)c2-c1ccc(-c2ccc3cnccc3c2)cc1. The Morgan fingerprint density at radius 2 is 1.14 bits per heavy atom. The van der Waals surface area contributed by atoms with Gasteiger partial charge in [-0.05, 0) is 85.6 Å². The smallest absolute Gasteiger partial charge is 0.0435 e. The molecule has 8 rings (SSSR count). The normalized spacial score (nSPS) is 15.4. The number of aromatic nitrogens is 1. The first-order valence-electron chi connectivity index (χ1n) is 14.5. The zero-order valence-corrected chi connectivity index (χ0v) is 23.5. The van der Waals surface area contributed by atoms with Crippen LogP contribution in [0.15, 0.2) is 158 Å². The Balaban J connectivity index is 1.36. The maximum Gasteiger partial charge on any atom is 0.0435 e. The summed E-state index contributed by atoms with van der Waals surface area (Å²) in [5.74, 6) is 0. The van der Waals surface area contributed by atoms with Crippen molar-refractivity contribution < 1.29 is 0 Å². The molecule has 0 saturated heterocycles. The molecule has 1 nitrogen and oxygen atoms in total. The van der Waals surface area contributed by atoms with Crippen molar-refractivity contribution in [1.82, 2.24) is 4.98 Å². The van der Waals surface area contributed by atoms with E-state index in [1.165, 1.54) is 66.6 Å². The highest BCUT2D eigenvalue weighted by Crippen LogP contribution is 2.56. The molecule has 1 heterocycles. The number of pyridine rings is 1. The first-order chi connectivity index (χ1) is 20.7. The Morgan fingerprint density at radius 1 is 0.452 bits per heavy atom. The molecule has 1 unspecified atom stereocenters. The van der Waals surface area contributed by atoms with Crippen molar-refractivity contribution in [2.24, 2.45) is 0 Å². The zero-order valence-electron chi connectivity index (χ0n) is 23.5. The highest BCUT2D eigenvalue weighted by Gasteiger charge is 2.42. The van der Waals surface area contributed by atoms with Crippen LogP contribution in [0.3, 0.4) is 0 Å². The molecule has 1 aromatic heterocycles. The van der Waals surface area contributed by atoms with Gasteiger partial charge in [0.2, 0.25) is 0 Å². The molecular formula is C41H29N. The van der Waals surface area contributed by atoms with E-state index in [1.807, 2.05) is 12.4 Å². The average Bonchev–Trinajstić information content (AvgIpc) is 3.34. The molecule has 1 aliphatic carbocycles. The van der Waals surface area contributed by atoms with Crippen LogP contribution in [0, 0.1) is 0 Å². The van der Waals surface area contributed by atoms with Crippen molar-refractivity contribution in [2.75, 3.05) is 0 Å². The quantitative estimate of drug-likeness (QED) is 0.218. The van der Waals surface area contributed by atoms with Gasteiger partial charge in [0, 0.05) is 23.2 Å². The van der Waals surface area contributed by atoms with Crippen molar-refractivity contribution in [2.45, 2.75) is 12.3 Å². The Hall–Kier alpha value is -5.27. The second-order valence-electron chi connectivity index (χ2n) is 11.3. The maximum absolute atomic E-state index is 4.27. The van der Waals surface area contributed by atoms with E-state index in [-0.39, 0.29) is 5.41 Å². The van der Waals surface area contributed by atoms with Gasteiger partial charge in [-0.2, -0.15) is 0 Å². The first kappa shape index (κ1) is 24.5. The van der Waals surface area contributed by atoms with Gasteiger partial charge in [0.25, 0.3) is 0 Å². The van der Waals surface area contributed by atoms with Gasteiger partial charge >= 0.3 is 0 Å². The van der Waals surface area contributed by atoms with Crippen LogP contribution in [0.1, 0.15) is 23.6 Å². The fourth-order valence-electron chi connectivity index (χ4n) is 6.91. The summed E-state index contributed by atoms with van der Waals surface area (Å²) in [5.41, 5.74) is 13.9. The van der Waals surface area contributed by atoms with E-state index in [9.17, 15) is 0 Å². The fourth-order valence-corrected chi connectivity index (χ4v) is 6.91. The maximum atomic E-state index is 4.27. The Kier molecular flexibility index (Phi) is 5.65. The summed E-state index contributed by atoms with van der Waals surface area (Å²) in [7, 11) is 0. The first-order valence-corrected chi connectivity index (χ1v) is 14.5. The second-order valence-corrected chi connectivity index (χ2v) is 11.3. The molecule has 42 heavy (non-hydrogen) atoms. The summed E-state index contributed by atoms with van der Waals surface area (Å²) in [6.07, 6.45) is 3.78. The van der Waals surface area contributed by atoms with Crippen LogP contribution in [0.4, 0.5) is 0 Å². The third-order valence-corrected chi connectivity index (χ3v) is 9.06. The number of benzene rings is 6. The minimum absolute atomic E-state index is 0.239. The third-order valence-electron chi connectivity index (χ3n) is 9.06. The van der Waals surface area contributed by atoms with Gasteiger partial charge < -0.3 is 0 Å². The number of nitrogens with zero attached hydrogens (tertiary/aromatic N) is 1. The van der Waals surface area contributed by atoms with E-state index >= 15 is 0 Å². The van der Waals surface area contributed by atoms with Crippen LogP contribution < -0.4 is 0 Å². The molecule has 0 amide bonds. The molecule has 0 radical (unpaired) electrons. The van der Waals surface area contributed by atoms with E-state index in [0.29, 0.717) is 0 Å². The van der Waals surface area contributed by atoms with Crippen LogP contribution >= 0.6 is 0 Å². The topological polar surface area (TPSA) is 12.9 Å². The number of hydrogen-bond donors (Lipinski definition) is 0. The molecule has 0 N–H and O–H groups in total. The Labute approximate surface area is 246 Å². The summed E-state index contributed by atoms with van der Waals surface area (Å²) in [4.78, 5) is 4.27. The van der Waals surface area contributed by atoms with Gasteiger partial charge in [-0.1, -0.05) is 133 Å². The number of fused-ring (bicyclic) bond motifs is 4. The molecule has 198 valence electrons. The van der Waals surface area contributed by atoms with Crippen LogP contribution in [-0.2, 0) is 5.41 Å². The van der Waals surface area contributed by atoms with Gasteiger partial charge in [0.15, 0.2) is 0 Å². The monoisotopic (exact) mass is 535 g/mol. The molecule has 0 aliphatic heterocycles. The van der Waals surface area contributed by atoms with Crippen LogP contribution in [0.5, 0.6) is 0 Å². The summed E-state index contributed by atoms with van der Waals surface area (Å²) in [5, 5.41) is 2.36. The molecule has 1 atom stereocenters. The van der Waals surface area contributed by atoms with Crippen LogP contribution in [0.25, 0.3) is 55.3 Å². The molecule has 0 spiro atoms. The highest BCUT2D eigenvalue weighted by atomic mass is 14.6. The van der Waals surface area contributed by atoms with Crippen molar-refractivity contribution in [3.8, 4) is 44.5 Å². The van der Waals surface area contributed by atoms with Crippen molar-refractivity contribution in [1.29, 1.82) is 0 Å². The van der Waals surface area contributed by atoms with Gasteiger partial charge in [-0.15, -0.1) is 0 Å². The molecule has 0 fully saturated rings. The number of hydrogen-bond acceptors (Lipinski definition) is 1. The summed E-state index contributed by atoms with van der Waals surface area (Å²) in [6, 6.07) is 53.2. The molecule has 1 aliphatic rings. The van der Waals surface area contributed by atoms with E-state index in [4.69, 9.17) is 0 Å². The molecule has 0 saturated carbocycles. The van der Waals surface area contributed by atoms with E-state index in [0.717, 1.165) is 5.39 Å². The summed E-state index contributed by atoms with van der Waals surface area (Å²) in [6.45, 7) is 2.39. The highest BCUT2D eigenvalue weighted by molar-refractivity contribution is 6.01. The average molecular weight is 536 g/mol. The Bertz CT molecular complexity index is 2070. The standard InChI is InChI=1S/C41H29N/c1-41(34-12-6-3-7-13-34)37-15-9-8-14-36(37)40-38(41)23-22-35(29-10-4-2-5-11-29)39(40)30-18-16-28(17-19-30)31-20-21-33-27-42-25-24-32(33)26-31/h2-27H,1H3. The van der Waals surface area contributed by atoms with Crippen molar-refractivity contribution in [3.63, 3.8) is 0 Å². The lowest BCUT2D eigenvalue weighted by Crippen LogP contribution is -2.22. The van der Waals surface area contributed by atoms with Gasteiger partial charge in [-0.25, -0.2) is 0 Å². The molecule has 0 bridgehead atoms. The lowest BCUT2D eigenvalue weighted by molar-refractivity contribution is 0.714. The fraction of sp³-hybridized carbons (Fsp3) is 0.0488. The predicted molar refractivity (Wildman–Crippen MR) is 175 cm³/mol. The van der Waals surface area contributed by atoms with Gasteiger partial charge in [0.1, 0.15) is 0 Å². The van der Waals surface area contributed by atoms with Crippen molar-refractivity contribution in [3.05, 3.63) is 175 Å². The molecule has 7 aromatic rings. The lowest BCUT2D eigenvalue weighted by Gasteiger charge is -2.29. The number of rotatable bonds is 4. The van der Waals surface area contributed by atoms with E-state index in [1.54, 1.807) is 0 Å². The third kappa shape index (κ3) is 3.74. The lowest BCUT2D eigenvalue weighted by atomic mass is 9.73. The van der Waals surface area contributed by atoms with Crippen LogP contribution in [-0.4, -0.2) is 4.98 Å². The second kappa shape index (κ2) is 9.68. The van der Waals surface area contributed by atoms with E-state index < -0.39 is 0 Å². The largest absolute Gasteiger partial charge is 0.264 e. The predicted octanol–water partition coefficient (Wildman–Crippen LogP) is 10.6. The zero-order chi connectivity index (χ0) is 28.1. The van der Waals surface area contributed by atoms with Crippen molar-refractivity contribution >= 4 is 10.8 Å². The summed E-state index contributed by atoms with van der Waals surface area (Å²) < 4.78 is 0. The Morgan fingerprint density at radius 3 is 1.95 bits per heavy atom. The van der Waals surface area contributed by atoms with Gasteiger partial charge in [0.05, 0.1) is 0 Å².